The SMILES string of the molecule is COc1ccc(C(=O)c2oc3ccccc3c2NCc2ccccc2F)cc1Br. The van der Waals surface area contributed by atoms with Gasteiger partial charge < -0.3 is 14.5 Å². The Bertz CT molecular complexity index is 1200. The molecule has 0 atom stereocenters. The first-order valence-corrected chi connectivity index (χ1v) is 9.75. The minimum absolute atomic E-state index is 0.180. The highest BCUT2D eigenvalue weighted by Gasteiger charge is 2.22. The van der Waals surface area contributed by atoms with Crippen LogP contribution in [0.4, 0.5) is 10.1 Å². The molecule has 4 aromatic rings. The minimum Gasteiger partial charge on any atom is -0.496 e. The molecule has 0 spiro atoms. The molecule has 1 N–H and O–H groups in total. The number of ether oxygens (including phenoxy) is 1. The average Bonchev–Trinajstić information content (AvgIpc) is 3.11. The summed E-state index contributed by atoms with van der Waals surface area (Å²) in [5.41, 5.74) is 2.08. The molecule has 4 rings (SSSR count). The first kappa shape index (κ1) is 19.2. The van der Waals surface area contributed by atoms with Gasteiger partial charge in [0.2, 0.25) is 5.78 Å². The number of carbonyl (C=O) groups excluding carboxylic acids is 1. The molecule has 0 bridgehead atoms. The smallest absolute Gasteiger partial charge is 0.230 e. The molecule has 6 heteroatoms. The van der Waals surface area contributed by atoms with Gasteiger partial charge in [-0.15, -0.1) is 0 Å². The van der Waals surface area contributed by atoms with Crippen LogP contribution in [0.15, 0.2) is 75.6 Å². The van der Waals surface area contributed by atoms with Crippen molar-refractivity contribution in [3.8, 4) is 5.75 Å². The number of benzene rings is 3. The summed E-state index contributed by atoms with van der Waals surface area (Å²) < 4.78 is 25.8. The molecule has 0 fully saturated rings. The zero-order valence-corrected chi connectivity index (χ0v) is 17.1. The minimum atomic E-state index is -0.306. The second kappa shape index (κ2) is 8.09. The molecule has 0 aliphatic heterocycles. The summed E-state index contributed by atoms with van der Waals surface area (Å²) in [7, 11) is 1.56. The van der Waals surface area contributed by atoms with E-state index in [9.17, 15) is 9.18 Å². The first-order valence-electron chi connectivity index (χ1n) is 8.95. The summed E-state index contributed by atoms with van der Waals surface area (Å²) >= 11 is 3.41. The van der Waals surface area contributed by atoms with Gasteiger partial charge >= 0.3 is 0 Å². The normalized spacial score (nSPS) is 10.9. The molecule has 0 radical (unpaired) electrons. The van der Waals surface area contributed by atoms with Crippen molar-refractivity contribution in [1.29, 1.82) is 0 Å². The number of furan rings is 1. The second-order valence-corrected chi connectivity index (χ2v) is 7.28. The Hall–Kier alpha value is -3.12. The van der Waals surface area contributed by atoms with Crippen LogP contribution in [0.25, 0.3) is 11.0 Å². The molecule has 0 unspecified atom stereocenters. The van der Waals surface area contributed by atoms with Gasteiger partial charge in [-0.1, -0.05) is 30.3 Å². The quantitative estimate of drug-likeness (QED) is 0.353. The molecule has 0 amide bonds. The molecule has 0 aliphatic rings. The maximum Gasteiger partial charge on any atom is 0.230 e. The Morgan fingerprint density at radius 3 is 2.62 bits per heavy atom. The van der Waals surface area contributed by atoms with Crippen LogP contribution in [0.2, 0.25) is 0 Å². The van der Waals surface area contributed by atoms with Gasteiger partial charge in [-0.3, -0.25) is 4.79 Å². The fourth-order valence-corrected chi connectivity index (χ4v) is 3.69. The lowest BCUT2D eigenvalue weighted by molar-refractivity contribution is 0.101. The lowest BCUT2D eigenvalue weighted by atomic mass is 10.1. The van der Waals surface area contributed by atoms with E-state index in [0.717, 1.165) is 5.39 Å². The molecular weight excluding hydrogens is 437 g/mol. The molecular formula is C23H17BrFNO3. The van der Waals surface area contributed by atoms with E-state index in [2.05, 4.69) is 21.2 Å². The Morgan fingerprint density at radius 1 is 1.10 bits per heavy atom. The third-order valence-electron chi connectivity index (χ3n) is 4.63. The van der Waals surface area contributed by atoms with Crippen molar-refractivity contribution in [3.05, 3.63) is 93.9 Å². The number of rotatable bonds is 6. The summed E-state index contributed by atoms with van der Waals surface area (Å²) in [6.07, 6.45) is 0. The predicted molar refractivity (Wildman–Crippen MR) is 114 cm³/mol. The van der Waals surface area contributed by atoms with E-state index in [4.69, 9.17) is 9.15 Å². The molecule has 1 heterocycles. The van der Waals surface area contributed by atoms with Gasteiger partial charge in [0.05, 0.1) is 17.3 Å². The van der Waals surface area contributed by atoms with E-state index in [1.165, 1.54) is 6.07 Å². The van der Waals surface area contributed by atoms with Crippen LogP contribution in [-0.4, -0.2) is 12.9 Å². The van der Waals surface area contributed by atoms with Gasteiger partial charge in [0, 0.05) is 23.1 Å². The monoisotopic (exact) mass is 453 g/mol. The molecule has 29 heavy (non-hydrogen) atoms. The fourth-order valence-electron chi connectivity index (χ4n) is 3.14. The Kier molecular flexibility index (Phi) is 5.36. The third kappa shape index (κ3) is 3.76. The molecule has 1 aromatic heterocycles. The molecule has 0 aliphatic carbocycles. The van der Waals surface area contributed by atoms with Crippen LogP contribution in [0, 0.1) is 5.82 Å². The lowest BCUT2D eigenvalue weighted by Crippen LogP contribution is -2.07. The van der Waals surface area contributed by atoms with Gasteiger partial charge in [0.25, 0.3) is 0 Å². The number of methoxy groups -OCH3 is 1. The summed E-state index contributed by atoms with van der Waals surface area (Å²) in [6.45, 7) is 0.225. The van der Waals surface area contributed by atoms with Crippen LogP contribution in [0.3, 0.4) is 0 Å². The van der Waals surface area contributed by atoms with Crippen LogP contribution >= 0.6 is 15.9 Å². The van der Waals surface area contributed by atoms with E-state index >= 15 is 0 Å². The standard InChI is InChI=1S/C23H17BrFNO3/c1-28-20-11-10-14(12-17(20)24)22(27)23-21(16-7-3-5-9-19(16)29-23)26-13-15-6-2-4-8-18(15)25/h2-12,26H,13H2,1H3. The Morgan fingerprint density at radius 2 is 1.86 bits per heavy atom. The predicted octanol–water partition coefficient (Wildman–Crippen LogP) is 6.19. The maximum absolute atomic E-state index is 14.0. The van der Waals surface area contributed by atoms with Crippen LogP contribution in [0.1, 0.15) is 21.7 Å². The highest BCUT2D eigenvalue weighted by Crippen LogP contribution is 2.34. The van der Waals surface area contributed by atoms with Gasteiger partial charge in [-0.25, -0.2) is 4.39 Å². The van der Waals surface area contributed by atoms with E-state index in [0.29, 0.717) is 32.6 Å². The Labute approximate surface area is 175 Å². The van der Waals surface area contributed by atoms with Crippen molar-refractivity contribution < 1.29 is 18.3 Å². The van der Waals surface area contributed by atoms with Gasteiger partial charge in [-0.2, -0.15) is 0 Å². The number of nitrogens with one attached hydrogen (secondary N) is 1. The highest BCUT2D eigenvalue weighted by molar-refractivity contribution is 9.10. The zero-order valence-electron chi connectivity index (χ0n) is 15.5. The molecule has 3 aromatic carbocycles. The average molecular weight is 454 g/mol. The van der Waals surface area contributed by atoms with Crippen molar-refractivity contribution in [2.24, 2.45) is 0 Å². The molecule has 0 saturated heterocycles. The molecule has 0 saturated carbocycles. The van der Waals surface area contributed by atoms with Gasteiger partial charge in [0.1, 0.15) is 17.1 Å². The number of halogens is 2. The van der Waals surface area contributed by atoms with E-state index < -0.39 is 0 Å². The van der Waals surface area contributed by atoms with Gasteiger partial charge in [-0.05, 0) is 52.3 Å². The van der Waals surface area contributed by atoms with Crippen LogP contribution < -0.4 is 10.1 Å². The summed E-state index contributed by atoms with van der Waals surface area (Å²) in [5, 5.41) is 3.95. The van der Waals surface area contributed by atoms with Crippen molar-refractivity contribution in [2.45, 2.75) is 6.54 Å². The topological polar surface area (TPSA) is 51.5 Å². The number of ketones is 1. The van der Waals surface area contributed by atoms with Crippen molar-refractivity contribution in [2.75, 3.05) is 12.4 Å². The van der Waals surface area contributed by atoms with Crippen LogP contribution in [-0.2, 0) is 6.54 Å². The van der Waals surface area contributed by atoms with E-state index in [-0.39, 0.29) is 23.9 Å². The van der Waals surface area contributed by atoms with Crippen molar-refractivity contribution in [1.82, 2.24) is 0 Å². The summed E-state index contributed by atoms with van der Waals surface area (Å²) in [5.74, 6) is 0.226. The maximum atomic E-state index is 14.0. The zero-order chi connectivity index (χ0) is 20.4. The fraction of sp³-hybridized carbons (Fsp3) is 0.0870. The Balaban J connectivity index is 1.74. The molecule has 146 valence electrons. The summed E-state index contributed by atoms with van der Waals surface area (Å²) in [6, 6.07) is 19.0. The first-order chi connectivity index (χ1) is 14.1. The summed E-state index contributed by atoms with van der Waals surface area (Å²) in [4.78, 5) is 13.2. The largest absolute Gasteiger partial charge is 0.496 e. The second-order valence-electron chi connectivity index (χ2n) is 6.43. The number of hydrogen-bond donors (Lipinski definition) is 1. The van der Waals surface area contributed by atoms with E-state index in [1.807, 2.05) is 18.2 Å². The van der Waals surface area contributed by atoms with Crippen molar-refractivity contribution >= 4 is 38.4 Å². The highest BCUT2D eigenvalue weighted by atomic mass is 79.9. The molecule has 4 nitrogen and oxygen atoms in total. The number of hydrogen-bond acceptors (Lipinski definition) is 4. The van der Waals surface area contributed by atoms with Crippen molar-refractivity contribution in [3.63, 3.8) is 0 Å². The number of para-hydroxylation sites is 1. The van der Waals surface area contributed by atoms with Gasteiger partial charge in [0.15, 0.2) is 5.76 Å². The third-order valence-corrected chi connectivity index (χ3v) is 5.25. The lowest BCUT2D eigenvalue weighted by Gasteiger charge is -2.09. The van der Waals surface area contributed by atoms with E-state index in [1.54, 1.807) is 49.6 Å². The van der Waals surface area contributed by atoms with Crippen LogP contribution in [0.5, 0.6) is 5.75 Å². The number of fused-ring (bicyclic) bond motifs is 1. The number of anilines is 1. The number of carbonyl (C=O) groups is 1.